The lowest BCUT2D eigenvalue weighted by Crippen LogP contribution is -2.13. The van der Waals surface area contributed by atoms with Gasteiger partial charge in [0.25, 0.3) is 0 Å². The van der Waals surface area contributed by atoms with Gasteiger partial charge in [0.1, 0.15) is 6.61 Å². The normalized spacial score (nSPS) is 10.1. The molecule has 0 saturated carbocycles. The zero-order valence-electron chi connectivity index (χ0n) is 10.6. The Morgan fingerprint density at radius 3 is 2.65 bits per heavy atom. The molecular weight excluding hydrogens is 264 g/mol. The number of rotatable bonds is 4. The van der Waals surface area contributed by atoms with E-state index < -0.39 is 12.1 Å². The number of ether oxygens (including phenoxy) is 1. The lowest BCUT2D eigenvalue weighted by molar-refractivity contribution is 0.0662. The molecule has 0 fully saturated rings. The van der Waals surface area contributed by atoms with Crippen molar-refractivity contribution in [3.05, 3.63) is 47.3 Å². The minimum absolute atomic E-state index is 0.0954. The number of carbonyl (C=O) groups excluding carboxylic acids is 1. The van der Waals surface area contributed by atoms with Crippen molar-refractivity contribution < 1.29 is 23.8 Å². The third kappa shape index (κ3) is 3.35. The van der Waals surface area contributed by atoms with Gasteiger partial charge in [0.15, 0.2) is 0 Å². The molecule has 1 amide bonds. The van der Waals surface area contributed by atoms with Crippen LogP contribution < -0.4 is 5.32 Å². The number of carboxylic acid groups (broad SMARTS) is 1. The first kappa shape index (κ1) is 13.6. The number of aryl methyl sites for hydroxylation is 1. The van der Waals surface area contributed by atoms with Crippen molar-refractivity contribution in [3.8, 4) is 0 Å². The molecule has 0 aliphatic heterocycles. The molecular formula is C13H12N2O5. The summed E-state index contributed by atoms with van der Waals surface area (Å²) in [4.78, 5) is 26.0. The molecule has 7 nitrogen and oxygen atoms in total. The molecule has 0 aliphatic rings. The Bertz CT molecular complexity index is 621. The number of carbonyl (C=O) groups is 2. The van der Waals surface area contributed by atoms with E-state index in [9.17, 15) is 9.59 Å². The fourth-order valence-corrected chi connectivity index (χ4v) is 1.49. The molecule has 0 saturated heterocycles. The lowest BCUT2D eigenvalue weighted by Gasteiger charge is -2.03. The van der Waals surface area contributed by atoms with E-state index >= 15 is 0 Å². The highest BCUT2D eigenvalue weighted by Gasteiger charge is 2.17. The molecule has 0 atom stereocenters. The summed E-state index contributed by atoms with van der Waals surface area (Å²) >= 11 is 0. The van der Waals surface area contributed by atoms with Crippen molar-refractivity contribution >= 4 is 18.1 Å². The third-order valence-corrected chi connectivity index (χ3v) is 2.41. The molecule has 1 heterocycles. The van der Waals surface area contributed by atoms with Crippen LogP contribution in [0.3, 0.4) is 0 Å². The van der Waals surface area contributed by atoms with Gasteiger partial charge in [0.05, 0.1) is 5.69 Å². The largest absolute Gasteiger partial charge is 0.475 e. The Morgan fingerprint density at radius 1 is 1.35 bits per heavy atom. The van der Waals surface area contributed by atoms with Crippen molar-refractivity contribution in [1.29, 1.82) is 0 Å². The predicted molar refractivity (Wildman–Crippen MR) is 68.4 cm³/mol. The second-order valence-corrected chi connectivity index (χ2v) is 3.93. The highest BCUT2D eigenvalue weighted by Crippen LogP contribution is 2.14. The van der Waals surface area contributed by atoms with Crippen molar-refractivity contribution in [2.75, 3.05) is 5.32 Å². The van der Waals surface area contributed by atoms with Crippen molar-refractivity contribution in [2.24, 2.45) is 0 Å². The summed E-state index contributed by atoms with van der Waals surface area (Å²) in [6.45, 7) is 1.56. The molecule has 2 aromatic rings. The number of anilines is 1. The molecule has 7 heteroatoms. The van der Waals surface area contributed by atoms with Gasteiger partial charge in [0.2, 0.25) is 5.76 Å². The Morgan fingerprint density at radius 2 is 2.05 bits per heavy atom. The first-order valence-corrected chi connectivity index (χ1v) is 5.74. The molecule has 104 valence electrons. The average Bonchev–Trinajstić information content (AvgIpc) is 2.78. The van der Waals surface area contributed by atoms with Crippen molar-refractivity contribution in [2.45, 2.75) is 13.5 Å². The maximum atomic E-state index is 11.5. The number of hydrogen-bond acceptors (Lipinski definition) is 5. The van der Waals surface area contributed by atoms with Crippen LogP contribution >= 0.6 is 0 Å². The number of benzene rings is 1. The van der Waals surface area contributed by atoms with Gasteiger partial charge in [-0.15, -0.1) is 0 Å². The Kier molecular flexibility index (Phi) is 3.99. The second-order valence-electron chi connectivity index (χ2n) is 3.93. The summed E-state index contributed by atoms with van der Waals surface area (Å²) in [5.41, 5.74) is 1.01. The smallest absolute Gasteiger partial charge is 0.415 e. The zero-order valence-corrected chi connectivity index (χ0v) is 10.6. The van der Waals surface area contributed by atoms with Crippen molar-refractivity contribution in [3.63, 3.8) is 0 Å². The second kappa shape index (κ2) is 5.87. The summed E-state index contributed by atoms with van der Waals surface area (Å²) in [5, 5.41) is 11.0. The average molecular weight is 276 g/mol. The van der Waals surface area contributed by atoms with E-state index in [1.807, 2.05) is 30.3 Å². The summed E-state index contributed by atoms with van der Waals surface area (Å²) in [6, 6.07) is 8.92. The quantitative estimate of drug-likeness (QED) is 0.889. The molecule has 1 aromatic heterocycles. The molecule has 0 bridgehead atoms. The minimum atomic E-state index is -1.25. The fraction of sp³-hybridized carbons (Fsp3) is 0.154. The predicted octanol–water partition coefficient (Wildman–Crippen LogP) is 2.43. The third-order valence-electron chi connectivity index (χ3n) is 2.41. The van der Waals surface area contributed by atoms with Crippen LogP contribution in [0.5, 0.6) is 0 Å². The number of aromatic carboxylic acids is 1. The number of amides is 1. The first-order chi connectivity index (χ1) is 9.56. The van der Waals surface area contributed by atoms with Crippen LogP contribution in [-0.2, 0) is 11.3 Å². The Labute approximate surface area is 114 Å². The van der Waals surface area contributed by atoms with Crippen LogP contribution in [0.15, 0.2) is 34.7 Å². The van der Waals surface area contributed by atoms with Crippen LogP contribution in [-0.4, -0.2) is 22.2 Å². The number of nitrogens with zero attached hydrogens (tertiary/aromatic N) is 1. The van der Waals surface area contributed by atoms with E-state index in [1.54, 1.807) is 0 Å². The van der Waals surface area contributed by atoms with E-state index in [0.29, 0.717) is 0 Å². The van der Waals surface area contributed by atoms with Crippen LogP contribution in [0.1, 0.15) is 21.8 Å². The number of nitrogens with one attached hydrogen (secondary N) is 1. The van der Waals surface area contributed by atoms with E-state index in [0.717, 1.165) is 5.56 Å². The van der Waals surface area contributed by atoms with Crippen LogP contribution in [0.4, 0.5) is 10.8 Å². The van der Waals surface area contributed by atoms with Crippen molar-refractivity contribution in [1.82, 2.24) is 4.98 Å². The Hall–Kier alpha value is -2.83. The summed E-state index contributed by atoms with van der Waals surface area (Å²) in [7, 11) is 0. The van der Waals surface area contributed by atoms with Gasteiger partial charge in [-0.25, -0.2) is 14.9 Å². The van der Waals surface area contributed by atoms with Gasteiger partial charge in [-0.3, -0.25) is 0 Å². The van der Waals surface area contributed by atoms with Gasteiger partial charge in [-0.05, 0) is 12.5 Å². The molecule has 1 aromatic carbocycles. The van der Waals surface area contributed by atoms with Crippen LogP contribution in [0, 0.1) is 6.92 Å². The molecule has 20 heavy (non-hydrogen) atoms. The molecule has 2 rings (SSSR count). The number of oxazole rings is 1. The summed E-state index contributed by atoms with van der Waals surface area (Å²) < 4.78 is 9.82. The Balaban J connectivity index is 1.92. The van der Waals surface area contributed by atoms with Crippen LogP contribution in [0.2, 0.25) is 0 Å². The standard InChI is InChI=1S/C13H12N2O5/c1-8-10(11(16)17)20-12(14-8)15-13(18)19-7-9-5-3-2-4-6-9/h2-6H,7H2,1H3,(H,16,17)(H,14,15,18). The lowest BCUT2D eigenvalue weighted by atomic mass is 10.2. The molecule has 0 unspecified atom stereocenters. The minimum Gasteiger partial charge on any atom is -0.475 e. The van der Waals surface area contributed by atoms with Gasteiger partial charge in [0, 0.05) is 0 Å². The summed E-state index contributed by atoms with van der Waals surface area (Å²) in [6.07, 6.45) is -0.771. The van der Waals surface area contributed by atoms with Gasteiger partial charge >= 0.3 is 18.1 Å². The molecule has 0 spiro atoms. The maximum Gasteiger partial charge on any atom is 0.415 e. The van der Waals surface area contributed by atoms with Gasteiger partial charge in [-0.2, -0.15) is 4.98 Å². The highest BCUT2D eigenvalue weighted by atomic mass is 16.6. The van der Waals surface area contributed by atoms with Gasteiger partial charge in [-0.1, -0.05) is 30.3 Å². The van der Waals surface area contributed by atoms with Gasteiger partial charge < -0.3 is 14.3 Å². The van der Waals surface area contributed by atoms with E-state index in [1.165, 1.54) is 6.92 Å². The monoisotopic (exact) mass is 276 g/mol. The zero-order chi connectivity index (χ0) is 14.5. The number of carboxylic acids is 1. The molecule has 0 radical (unpaired) electrons. The molecule has 0 aliphatic carbocycles. The topological polar surface area (TPSA) is 102 Å². The van der Waals surface area contributed by atoms with Crippen LogP contribution in [0.25, 0.3) is 0 Å². The summed E-state index contributed by atoms with van der Waals surface area (Å²) in [5.74, 6) is -1.57. The van der Waals surface area contributed by atoms with E-state index in [4.69, 9.17) is 14.3 Å². The molecule has 2 N–H and O–H groups in total. The number of hydrogen-bond donors (Lipinski definition) is 2. The first-order valence-electron chi connectivity index (χ1n) is 5.74. The van der Waals surface area contributed by atoms with E-state index in [-0.39, 0.29) is 24.1 Å². The number of aromatic nitrogens is 1. The SMILES string of the molecule is Cc1nc(NC(=O)OCc2ccccc2)oc1C(=O)O. The van der Waals surface area contributed by atoms with E-state index in [2.05, 4.69) is 10.3 Å². The fourth-order valence-electron chi connectivity index (χ4n) is 1.49. The maximum absolute atomic E-state index is 11.5. The highest BCUT2D eigenvalue weighted by molar-refractivity contribution is 5.87.